The van der Waals surface area contributed by atoms with Gasteiger partial charge in [0, 0.05) is 5.39 Å². The molecule has 0 aliphatic rings. The normalized spacial score (nSPS) is 10.8. The highest BCUT2D eigenvalue weighted by atomic mass is 19.1. The van der Waals surface area contributed by atoms with Crippen LogP contribution >= 0.6 is 0 Å². The fourth-order valence-corrected chi connectivity index (χ4v) is 1.74. The van der Waals surface area contributed by atoms with Crippen molar-refractivity contribution < 1.29 is 4.39 Å². The number of rotatable bonds is 3. The van der Waals surface area contributed by atoms with Gasteiger partial charge in [-0.25, -0.2) is 4.39 Å². The van der Waals surface area contributed by atoms with Gasteiger partial charge in [-0.2, -0.15) is 0 Å². The van der Waals surface area contributed by atoms with E-state index in [0.717, 1.165) is 23.8 Å². The van der Waals surface area contributed by atoms with Crippen molar-refractivity contribution in [3.05, 3.63) is 47.8 Å². The Bertz CT molecular complexity index is 465. The molecule has 0 saturated heterocycles. The van der Waals surface area contributed by atoms with E-state index in [2.05, 4.69) is 0 Å². The van der Waals surface area contributed by atoms with Crippen LogP contribution in [0.4, 0.5) is 4.39 Å². The van der Waals surface area contributed by atoms with Crippen molar-refractivity contribution in [2.24, 2.45) is 5.73 Å². The Morgan fingerprint density at radius 1 is 1.13 bits per heavy atom. The Hall–Kier alpha value is -1.41. The van der Waals surface area contributed by atoms with E-state index in [1.54, 1.807) is 6.07 Å². The summed E-state index contributed by atoms with van der Waals surface area (Å²) in [4.78, 5) is 0. The van der Waals surface area contributed by atoms with E-state index in [1.807, 2.05) is 24.3 Å². The average molecular weight is 203 g/mol. The van der Waals surface area contributed by atoms with Crippen LogP contribution in [0.25, 0.3) is 10.8 Å². The first-order valence-electron chi connectivity index (χ1n) is 5.18. The molecule has 0 atom stereocenters. The van der Waals surface area contributed by atoms with Gasteiger partial charge in [0.2, 0.25) is 0 Å². The summed E-state index contributed by atoms with van der Waals surface area (Å²) in [5.41, 5.74) is 6.60. The Balaban J connectivity index is 2.41. The van der Waals surface area contributed by atoms with E-state index >= 15 is 0 Å². The number of hydrogen-bond acceptors (Lipinski definition) is 1. The predicted octanol–water partition coefficient (Wildman–Crippen LogP) is 2.87. The lowest BCUT2D eigenvalue weighted by molar-refractivity contribution is 0.639. The lowest BCUT2D eigenvalue weighted by Gasteiger charge is -2.03. The van der Waals surface area contributed by atoms with Gasteiger partial charge in [0.1, 0.15) is 5.82 Å². The minimum Gasteiger partial charge on any atom is -0.330 e. The molecule has 0 amide bonds. The van der Waals surface area contributed by atoms with E-state index < -0.39 is 0 Å². The van der Waals surface area contributed by atoms with Gasteiger partial charge < -0.3 is 5.73 Å². The number of benzene rings is 2. The fraction of sp³-hybridized carbons (Fsp3) is 0.231. The van der Waals surface area contributed by atoms with Gasteiger partial charge in [-0.15, -0.1) is 0 Å². The van der Waals surface area contributed by atoms with Crippen LogP contribution in [0.15, 0.2) is 36.4 Å². The quantitative estimate of drug-likeness (QED) is 0.815. The summed E-state index contributed by atoms with van der Waals surface area (Å²) in [5.74, 6) is -0.151. The van der Waals surface area contributed by atoms with E-state index in [4.69, 9.17) is 5.73 Å². The molecule has 0 fully saturated rings. The topological polar surface area (TPSA) is 26.0 Å². The maximum absolute atomic E-state index is 13.5. The molecule has 0 aliphatic heterocycles. The van der Waals surface area contributed by atoms with Crippen LogP contribution in [0.5, 0.6) is 0 Å². The van der Waals surface area contributed by atoms with Crippen LogP contribution in [0.2, 0.25) is 0 Å². The van der Waals surface area contributed by atoms with Gasteiger partial charge in [-0.3, -0.25) is 0 Å². The lowest BCUT2D eigenvalue weighted by atomic mass is 10.0. The number of nitrogens with two attached hydrogens (primary N) is 1. The van der Waals surface area contributed by atoms with Crippen LogP contribution in [0.1, 0.15) is 12.0 Å². The molecule has 0 heterocycles. The predicted molar refractivity (Wildman–Crippen MR) is 61.3 cm³/mol. The second kappa shape index (κ2) is 4.41. The van der Waals surface area contributed by atoms with Gasteiger partial charge >= 0.3 is 0 Å². The molecule has 2 aromatic rings. The van der Waals surface area contributed by atoms with Crippen LogP contribution < -0.4 is 5.73 Å². The SMILES string of the molecule is NCCCc1ccc2cccc(F)c2c1. The summed E-state index contributed by atoms with van der Waals surface area (Å²) < 4.78 is 13.5. The van der Waals surface area contributed by atoms with Gasteiger partial charge in [-0.1, -0.05) is 24.3 Å². The minimum atomic E-state index is -0.151. The van der Waals surface area contributed by atoms with Crippen molar-refractivity contribution in [3.8, 4) is 0 Å². The zero-order chi connectivity index (χ0) is 10.7. The molecule has 2 rings (SSSR count). The molecule has 0 aliphatic carbocycles. The molecule has 0 aromatic heterocycles. The van der Waals surface area contributed by atoms with Crippen LogP contribution in [-0.2, 0) is 6.42 Å². The van der Waals surface area contributed by atoms with Crippen molar-refractivity contribution in [3.63, 3.8) is 0 Å². The summed E-state index contributed by atoms with van der Waals surface area (Å²) in [6.07, 6.45) is 1.86. The van der Waals surface area contributed by atoms with Crippen molar-refractivity contribution in [2.75, 3.05) is 6.54 Å². The van der Waals surface area contributed by atoms with Gasteiger partial charge in [-0.05, 0) is 42.5 Å². The van der Waals surface area contributed by atoms with E-state index in [9.17, 15) is 4.39 Å². The fourth-order valence-electron chi connectivity index (χ4n) is 1.74. The number of fused-ring (bicyclic) bond motifs is 1. The molecule has 0 bridgehead atoms. The maximum atomic E-state index is 13.5. The number of aryl methyl sites for hydroxylation is 1. The molecule has 0 unspecified atom stereocenters. The van der Waals surface area contributed by atoms with Gasteiger partial charge in [0.05, 0.1) is 0 Å². The molecule has 2 N–H and O–H groups in total. The minimum absolute atomic E-state index is 0.151. The van der Waals surface area contributed by atoms with Crippen LogP contribution in [0, 0.1) is 5.82 Å². The Kier molecular flexibility index (Phi) is 2.97. The third-order valence-electron chi connectivity index (χ3n) is 2.56. The molecule has 2 aromatic carbocycles. The van der Waals surface area contributed by atoms with Crippen molar-refractivity contribution in [1.29, 1.82) is 0 Å². The second-order valence-electron chi connectivity index (χ2n) is 3.69. The molecule has 0 radical (unpaired) electrons. The van der Waals surface area contributed by atoms with Crippen LogP contribution in [-0.4, -0.2) is 6.54 Å². The zero-order valence-electron chi connectivity index (χ0n) is 8.54. The summed E-state index contributed by atoms with van der Waals surface area (Å²) in [7, 11) is 0. The molecule has 78 valence electrons. The highest BCUT2D eigenvalue weighted by Crippen LogP contribution is 2.19. The molecule has 15 heavy (non-hydrogen) atoms. The first-order valence-corrected chi connectivity index (χ1v) is 5.18. The summed E-state index contributed by atoms with van der Waals surface area (Å²) >= 11 is 0. The smallest absolute Gasteiger partial charge is 0.131 e. The zero-order valence-corrected chi connectivity index (χ0v) is 8.54. The Morgan fingerprint density at radius 2 is 2.00 bits per heavy atom. The third kappa shape index (κ3) is 2.16. The highest BCUT2D eigenvalue weighted by molar-refractivity contribution is 5.83. The maximum Gasteiger partial charge on any atom is 0.131 e. The third-order valence-corrected chi connectivity index (χ3v) is 2.56. The van der Waals surface area contributed by atoms with Crippen molar-refractivity contribution in [1.82, 2.24) is 0 Å². The Morgan fingerprint density at radius 3 is 2.80 bits per heavy atom. The van der Waals surface area contributed by atoms with Gasteiger partial charge in [0.25, 0.3) is 0 Å². The molecular formula is C13H14FN. The lowest BCUT2D eigenvalue weighted by Crippen LogP contribution is -2.00. The largest absolute Gasteiger partial charge is 0.330 e. The monoisotopic (exact) mass is 203 g/mol. The number of halogens is 1. The highest BCUT2D eigenvalue weighted by Gasteiger charge is 2.00. The molecule has 1 nitrogen and oxygen atoms in total. The summed E-state index contributed by atoms with van der Waals surface area (Å²) in [6.45, 7) is 0.676. The first-order chi connectivity index (χ1) is 7.31. The summed E-state index contributed by atoms with van der Waals surface area (Å²) in [5, 5.41) is 1.65. The van der Waals surface area contributed by atoms with E-state index in [0.29, 0.717) is 11.9 Å². The standard InChI is InChI=1S/C13H14FN/c14-13-5-1-4-11-7-6-10(3-2-8-15)9-12(11)13/h1,4-7,9H,2-3,8,15H2. The van der Waals surface area contributed by atoms with E-state index in [-0.39, 0.29) is 5.82 Å². The van der Waals surface area contributed by atoms with Gasteiger partial charge in [0.15, 0.2) is 0 Å². The van der Waals surface area contributed by atoms with E-state index in [1.165, 1.54) is 6.07 Å². The molecule has 0 spiro atoms. The molecule has 2 heteroatoms. The molecule has 0 saturated carbocycles. The molecular weight excluding hydrogens is 189 g/mol. The Labute approximate surface area is 88.7 Å². The average Bonchev–Trinajstić information content (AvgIpc) is 2.27. The van der Waals surface area contributed by atoms with Crippen molar-refractivity contribution >= 4 is 10.8 Å². The van der Waals surface area contributed by atoms with Crippen LogP contribution in [0.3, 0.4) is 0 Å². The number of hydrogen-bond donors (Lipinski definition) is 1. The second-order valence-corrected chi connectivity index (χ2v) is 3.69. The first kappa shape index (κ1) is 10.1. The summed E-state index contributed by atoms with van der Waals surface area (Å²) in [6, 6.07) is 11.1. The van der Waals surface area contributed by atoms with Crippen molar-refractivity contribution in [2.45, 2.75) is 12.8 Å².